The number of nitrogens with two attached hydrogens (primary N) is 1. The van der Waals surface area contributed by atoms with E-state index in [-0.39, 0.29) is 25.0 Å². The van der Waals surface area contributed by atoms with E-state index in [1.54, 1.807) is 0 Å². The van der Waals surface area contributed by atoms with Crippen molar-refractivity contribution >= 4 is 48.7 Å². The average molecular weight is 368 g/mol. The van der Waals surface area contributed by atoms with E-state index in [0.717, 1.165) is 11.3 Å². The molecule has 0 saturated carbocycles. The molecule has 0 amide bonds. The summed E-state index contributed by atoms with van der Waals surface area (Å²) in [4.78, 5) is 3.49. The molecule has 21 heavy (non-hydrogen) atoms. The van der Waals surface area contributed by atoms with Crippen molar-refractivity contribution in [1.82, 2.24) is 4.98 Å². The Bertz CT molecular complexity index is 890. The molecule has 0 saturated heterocycles. The first-order valence-corrected chi connectivity index (χ1v) is 9.61. The molecule has 0 atom stereocenters. The Hall–Kier alpha value is -1.20. The predicted molar refractivity (Wildman–Crippen MR) is 80.5 cm³/mol. The number of hydrogen-bond acceptors (Lipinski definition) is 6. The molecule has 0 bridgehead atoms. The van der Waals surface area contributed by atoms with E-state index in [2.05, 4.69) is 9.71 Å². The third kappa shape index (κ3) is 3.52. The minimum atomic E-state index is -4.06. The van der Waals surface area contributed by atoms with E-state index in [0.29, 0.717) is 0 Å². The number of nitrogens with zero attached hydrogens (tertiary/aromatic N) is 1. The highest BCUT2D eigenvalue weighted by molar-refractivity contribution is 7.95. The Morgan fingerprint density at radius 1 is 1.24 bits per heavy atom. The van der Waals surface area contributed by atoms with Crippen molar-refractivity contribution in [2.45, 2.75) is 16.0 Å². The fourth-order valence-electron chi connectivity index (χ4n) is 1.59. The molecule has 2 aromatic rings. The van der Waals surface area contributed by atoms with E-state index in [1.807, 2.05) is 0 Å². The Labute approximate surface area is 130 Å². The van der Waals surface area contributed by atoms with Gasteiger partial charge in [0.05, 0.1) is 11.4 Å². The van der Waals surface area contributed by atoms with Crippen LogP contribution in [0.25, 0.3) is 0 Å². The maximum absolute atomic E-state index is 12.3. The molecular weight excluding hydrogens is 358 g/mol. The topological polar surface area (TPSA) is 119 Å². The Balaban J connectivity index is 2.50. The maximum atomic E-state index is 12.3. The number of halogens is 1. The van der Waals surface area contributed by atoms with Gasteiger partial charge in [-0.05, 0) is 19.1 Å². The molecule has 0 fully saturated rings. The number of primary sulfonamides is 1. The van der Waals surface area contributed by atoms with Crippen LogP contribution in [-0.4, -0.2) is 21.8 Å². The fraction of sp³-hybridized carbons (Fsp3) is 0.100. The number of aromatic nitrogens is 1. The molecule has 2 rings (SSSR count). The Morgan fingerprint density at radius 2 is 1.86 bits per heavy atom. The first-order chi connectivity index (χ1) is 9.61. The third-order valence-corrected chi connectivity index (χ3v) is 6.62. The van der Waals surface area contributed by atoms with Crippen LogP contribution in [0, 0.1) is 6.92 Å². The highest BCUT2D eigenvalue weighted by atomic mass is 35.5. The summed E-state index contributed by atoms with van der Waals surface area (Å²) in [5, 5.41) is 5.06. The van der Waals surface area contributed by atoms with Crippen LogP contribution in [0.1, 0.15) is 5.69 Å². The van der Waals surface area contributed by atoms with Crippen molar-refractivity contribution < 1.29 is 16.8 Å². The number of nitrogens with one attached hydrogen (secondary N) is 1. The largest absolute Gasteiger partial charge is 0.278 e. The number of sulfonamides is 2. The number of thiazole rings is 1. The zero-order valence-corrected chi connectivity index (χ0v) is 13.8. The summed E-state index contributed by atoms with van der Waals surface area (Å²) in [6.07, 6.45) is 0. The van der Waals surface area contributed by atoms with Crippen molar-refractivity contribution in [1.29, 1.82) is 0 Å². The number of para-hydroxylation sites is 1. The number of anilines is 1. The van der Waals surface area contributed by atoms with Crippen LogP contribution >= 0.6 is 22.9 Å². The summed E-state index contributed by atoms with van der Waals surface area (Å²) in [6, 6.07) is 5.43. The summed E-state index contributed by atoms with van der Waals surface area (Å²) < 4.78 is 49.7. The second-order valence-electron chi connectivity index (χ2n) is 3.99. The number of aryl methyl sites for hydroxylation is 1. The monoisotopic (exact) mass is 367 g/mol. The number of hydrogen-bond donors (Lipinski definition) is 2. The van der Waals surface area contributed by atoms with E-state index in [1.165, 1.54) is 31.2 Å². The molecule has 1 aromatic heterocycles. The first kappa shape index (κ1) is 16.2. The third-order valence-electron chi connectivity index (χ3n) is 2.41. The van der Waals surface area contributed by atoms with E-state index >= 15 is 0 Å². The molecule has 11 heteroatoms. The molecule has 1 aromatic carbocycles. The lowest BCUT2D eigenvalue weighted by Crippen LogP contribution is -2.18. The minimum absolute atomic E-state index is 0.0765. The van der Waals surface area contributed by atoms with Crippen LogP contribution in [0.4, 0.5) is 5.69 Å². The van der Waals surface area contributed by atoms with Crippen LogP contribution in [0.5, 0.6) is 0 Å². The molecule has 0 spiro atoms. The lowest BCUT2D eigenvalue weighted by atomic mass is 10.3. The minimum Gasteiger partial charge on any atom is -0.278 e. The highest BCUT2D eigenvalue weighted by Crippen LogP contribution is 2.29. The van der Waals surface area contributed by atoms with Crippen molar-refractivity contribution in [2.75, 3.05) is 4.72 Å². The van der Waals surface area contributed by atoms with Gasteiger partial charge in [0.1, 0.15) is 4.90 Å². The van der Waals surface area contributed by atoms with Crippen LogP contribution in [-0.2, 0) is 20.0 Å². The van der Waals surface area contributed by atoms with Gasteiger partial charge in [-0.15, -0.1) is 0 Å². The second-order valence-corrected chi connectivity index (χ2v) is 8.98. The number of benzene rings is 1. The smallest absolute Gasteiger partial charge is 0.273 e. The van der Waals surface area contributed by atoms with Gasteiger partial charge in [0.15, 0.2) is 8.68 Å². The molecule has 0 aliphatic rings. The Kier molecular flexibility index (Phi) is 4.26. The lowest BCUT2D eigenvalue weighted by Gasteiger charge is -2.10. The maximum Gasteiger partial charge on any atom is 0.273 e. The molecular formula is C10H10ClN3O4S3. The number of rotatable bonds is 4. The second kappa shape index (κ2) is 5.54. The van der Waals surface area contributed by atoms with E-state index in [4.69, 9.17) is 16.7 Å². The van der Waals surface area contributed by atoms with Gasteiger partial charge in [-0.2, -0.15) is 0 Å². The van der Waals surface area contributed by atoms with Crippen LogP contribution in [0.3, 0.4) is 0 Å². The van der Waals surface area contributed by atoms with Crippen molar-refractivity contribution in [3.8, 4) is 0 Å². The zero-order chi connectivity index (χ0) is 15.8. The van der Waals surface area contributed by atoms with Gasteiger partial charge in [-0.3, -0.25) is 4.72 Å². The highest BCUT2D eigenvalue weighted by Gasteiger charge is 2.24. The molecule has 0 unspecified atom stereocenters. The first-order valence-electron chi connectivity index (χ1n) is 5.39. The quantitative estimate of drug-likeness (QED) is 0.849. The van der Waals surface area contributed by atoms with Gasteiger partial charge in [0.25, 0.3) is 10.0 Å². The lowest BCUT2D eigenvalue weighted by molar-refractivity contribution is 0.598. The molecule has 7 nitrogen and oxygen atoms in total. The summed E-state index contributed by atoms with van der Waals surface area (Å²) in [5.41, 5.74) is 0.0921. The van der Waals surface area contributed by atoms with Gasteiger partial charge in [-0.1, -0.05) is 35.1 Å². The van der Waals surface area contributed by atoms with Crippen molar-refractivity contribution in [3.63, 3.8) is 0 Å². The van der Waals surface area contributed by atoms with E-state index < -0.39 is 20.0 Å². The van der Waals surface area contributed by atoms with Crippen LogP contribution < -0.4 is 9.86 Å². The van der Waals surface area contributed by atoms with Gasteiger partial charge >= 0.3 is 0 Å². The van der Waals surface area contributed by atoms with Crippen molar-refractivity contribution in [2.24, 2.45) is 5.14 Å². The SMILES string of the molecule is Cc1nc(Cl)sc1S(=O)(=O)Nc1ccccc1S(N)(=O)=O. The normalized spacial score (nSPS) is 12.3. The predicted octanol–water partition coefficient (Wildman–Crippen LogP) is 1.55. The summed E-state index contributed by atoms with van der Waals surface area (Å²) in [7, 11) is -8.06. The molecule has 0 aliphatic carbocycles. The fourth-order valence-corrected chi connectivity index (χ4v) is 5.17. The molecule has 0 aliphatic heterocycles. The molecule has 3 N–H and O–H groups in total. The van der Waals surface area contributed by atoms with Crippen LogP contribution in [0.2, 0.25) is 4.47 Å². The standard InChI is InChI=1S/C10H10ClN3O4S3/c1-6-9(19-10(11)13-6)21(17,18)14-7-4-2-3-5-8(7)20(12,15)16/h2-5,14H,1H3,(H2,12,15,16). The average Bonchev–Trinajstić information content (AvgIpc) is 2.68. The van der Waals surface area contributed by atoms with Gasteiger partial charge < -0.3 is 0 Å². The zero-order valence-electron chi connectivity index (χ0n) is 10.6. The summed E-state index contributed by atoms with van der Waals surface area (Å²) in [6.45, 7) is 1.49. The van der Waals surface area contributed by atoms with Gasteiger partial charge in [0, 0.05) is 0 Å². The van der Waals surface area contributed by atoms with Crippen molar-refractivity contribution in [3.05, 3.63) is 34.4 Å². The van der Waals surface area contributed by atoms with Gasteiger partial charge in [0.2, 0.25) is 10.0 Å². The summed E-state index contributed by atoms with van der Waals surface area (Å²) >= 11 is 6.45. The molecule has 114 valence electrons. The summed E-state index contributed by atoms with van der Waals surface area (Å²) in [5.74, 6) is 0. The van der Waals surface area contributed by atoms with Crippen LogP contribution in [0.15, 0.2) is 33.4 Å². The Morgan fingerprint density at radius 3 is 2.38 bits per heavy atom. The molecule has 0 radical (unpaired) electrons. The van der Waals surface area contributed by atoms with Gasteiger partial charge in [-0.25, -0.2) is 27.0 Å². The van der Waals surface area contributed by atoms with E-state index in [9.17, 15) is 16.8 Å². The molecule has 1 heterocycles.